The number of hydrogen-bond donors (Lipinski definition) is 0. The van der Waals surface area contributed by atoms with E-state index < -0.39 is 30.9 Å². The van der Waals surface area contributed by atoms with Crippen molar-refractivity contribution >= 4 is 20.6 Å². The Hall–Kier alpha value is 1.70. The molecule has 0 saturated carbocycles. The molecule has 1 heterocycles. The summed E-state index contributed by atoms with van der Waals surface area (Å²) in [5.74, 6) is 0. The van der Waals surface area contributed by atoms with E-state index in [-0.39, 0.29) is 65.7 Å². The smallest absolute Gasteiger partial charge is 0.735 e. The first-order valence-corrected chi connectivity index (χ1v) is 7.44. The monoisotopic (exact) mass is 334 g/mol. The average Bonchev–Trinajstić information content (AvgIpc) is 2.15. The van der Waals surface area contributed by atoms with Crippen LogP contribution in [0.1, 0.15) is 0 Å². The summed E-state index contributed by atoms with van der Waals surface area (Å²) in [6.45, 7) is 1.18. The molecule has 1 saturated heterocycles. The van der Waals surface area contributed by atoms with Crippen molar-refractivity contribution in [2.45, 2.75) is 0 Å². The molecule has 0 N–H and O–H groups in total. The number of rotatable bonds is 5. The molecule has 0 aromatic heterocycles. The molecule has 1 aliphatic heterocycles. The van der Waals surface area contributed by atoms with Gasteiger partial charge in [0.25, 0.3) is 0 Å². The van der Waals surface area contributed by atoms with Crippen molar-refractivity contribution in [3.63, 3.8) is 0 Å². The van der Waals surface area contributed by atoms with E-state index in [1.54, 1.807) is 4.90 Å². The van der Waals surface area contributed by atoms with Gasteiger partial charge in [0.1, 0.15) is 0 Å². The molecular weight excluding hydrogens is 322 g/mol. The Morgan fingerprint density at radius 2 is 1.42 bits per heavy atom. The molecule has 0 amide bonds. The van der Waals surface area contributed by atoms with Gasteiger partial charge in [0, 0.05) is 26.2 Å². The number of ether oxygens (including phenoxy) is 1. The van der Waals surface area contributed by atoms with Gasteiger partial charge in [-0.2, -0.15) is 0 Å². The van der Waals surface area contributed by atoms with Crippen LogP contribution in [-0.4, -0.2) is 73.9 Å². The molecule has 0 aromatic carbocycles. The fraction of sp³-hybridized carbons (Fsp3) is 1.00. The summed E-state index contributed by atoms with van der Waals surface area (Å²) >= 11 is 0. The second kappa shape index (κ2) is 9.66. The van der Waals surface area contributed by atoms with Crippen molar-refractivity contribution in [3.05, 3.63) is 0 Å². The molecule has 9 nitrogen and oxygen atoms in total. The van der Waals surface area contributed by atoms with E-state index in [0.29, 0.717) is 26.3 Å². The molecule has 0 spiro atoms. The van der Waals surface area contributed by atoms with E-state index in [1.165, 1.54) is 0 Å². The van der Waals surface area contributed by atoms with Gasteiger partial charge in [0.2, 0.25) is 0 Å². The van der Waals surface area contributed by atoms with Crippen LogP contribution < -0.4 is 59.1 Å². The van der Waals surface area contributed by atoms with Crippen LogP contribution in [0, 0.1) is 0 Å². The molecule has 19 heavy (non-hydrogen) atoms. The van der Waals surface area contributed by atoms with Crippen molar-refractivity contribution in [2.75, 3.05) is 39.4 Å². The maximum absolute atomic E-state index is 10.6. The van der Waals surface area contributed by atoms with Crippen molar-refractivity contribution in [3.8, 4) is 0 Å². The van der Waals surface area contributed by atoms with Crippen LogP contribution in [-0.2, 0) is 25.3 Å². The van der Waals surface area contributed by atoms with E-state index in [1.807, 2.05) is 0 Å². The number of hydrogen-bond acceptors (Lipinski definition) is 8. The summed E-state index contributed by atoms with van der Waals surface area (Å²) in [6, 6.07) is 0. The van der Waals surface area contributed by atoms with Crippen LogP contribution in [0.2, 0.25) is 0 Å². The number of morpholine rings is 1. The topological polar surface area (TPSA) is 130 Å². The molecule has 1 rings (SSSR count). The molecule has 0 radical (unpaired) electrons. The van der Waals surface area contributed by atoms with Crippen LogP contribution in [0.4, 0.5) is 0 Å². The zero-order valence-electron chi connectivity index (χ0n) is 10.8. The molecule has 0 aromatic rings. The van der Waals surface area contributed by atoms with Gasteiger partial charge in [-0.25, -0.2) is 16.8 Å². The van der Waals surface area contributed by atoms with E-state index >= 15 is 0 Å². The van der Waals surface area contributed by atoms with E-state index in [0.717, 1.165) is 0 Å². The molecule has 0 bridgehead atoms. The third-order valence-electron chi connectivity index (χ3n) is 2.20. The summed E-state index contributed by atoms with van der Waals surface area (Å²) in [7, 11) is -10.6. The van der Waals surface area contributed by atoms with Crippen molar-refractivity contribution < 1.29 is 89.8 Å². The van der Waals surface area contributed by atoms with Crippen LogP contribution in [0.5, 0.6) is 0 Å². The maximum Gasteiger partial charge on any atom is 1.00 e. The number of nitrogens with zero attached hydrogens (tertiary/aromatic N) is 2. The molecule has 0 unspecified atom stereocenters. The van der Waals surface area contributed by atoms with Crippen molar-refractivity contribution in [2.24, 2.45) is 0 Å². The summed E-state index contributed by atoms with van der Waals surface area (Å²) in [5, 5.41) is 0. The van der Waals surface area contributed by atoms with Crippen LogP contribution in [0.25, 0.3) is 0 Å². The van der Waals surface area contributed by atoms with Crippen LogP contribution >= 0.6 is 0 Å². The second-order valence-electron chi connectivity index (χ2n) is 3.37. The minimum absolute atomic E-state index is 0. The summed E-state index contributed by atoms with van der Waals surface area (Å²) in [5.41, 5.74) is 0. The quantitative estimate of drug-likeness (QED) is 0.358. The maximum atomic E-state index is 10.6. The molecule has 1 fully saturated rings. The Kier molecular flexibility index (Phi) is 11.7. The average molecular weight is 334 g/mol. The fourth-order valence-electron chi connectivity index (χ4n) is 1.38. The van der Waals surface area contributed by atoms with Crippen molar-refractivity contribution in [1.29, 1.82) is 0 Å². The molecule has 0 aliphatic carbocycles. The molecule has 0 atom stereocenters. The Labute approximate surface area is 157 Å². The third-order valence-corrected chi connectivity index (χ3v) is 4.66. The zero-order chi connectivity index (χ0) is 13.1. The summed E-state index contributed by atoms with van der Waals surface area (Å²) in [6.07, 6.45) is 0. The Balaban J connectivity index is 0. The summed E-state index contributed by atoms with van der Waals surface area (Å²) < 4.78 is 68.0. The first-order valence-electron chi connectivity index (χ1n) is 4.71. The molecule has 102 valence electrons. The van der Waals surface area contributed by atoms with Gasteiger partial charge >= 0.3 is 59.1 Å². The first-order chi connectivity index (χ1) is 7.71. The second-order valence-corrected chi connectivity index (χ2v) is 6.19. The van der Waals surface area contributed by atoms with E-state index in [2.05, 4.69) is 0 Å². The zero-order valence-corrected chi connectivity index (χ0v) is 16.4. The van der Waals surface area contributed by atoms with Crippen molar-refractivity contribution in [1.82, 2.24) is 8.61 Å². The van der Waals surface area contributed by atoms with Gasteiger partial charge in [0.15, 0.2) is 20.6 Å². The molecule has 1 aliphatic rings. The van der Waals surface area contributed by atoms with E-state index in [9.17, 15) is 25.9 Å². The van der Waals surface area contributed by atoms with Gasteiger partial charge < -0.3 is 13.8 Å². The van der Waals surface area contributed by atoms with Crippen LogP contribution in [0.3, 0.4) is 0 Å². The summed E-state index contributed by atoms with van der Waals surface area (Å²) in [4.78, 5) is 1.70. The van der Waals surface area contributed by atoms with Gasteiger partial charge in [-0.05, 0) is 0 Å². The normalized spacial score (nSPS) is 17.6. The largest absolute Gasteiger partial charge is 1.00 e. The first kappa shape index (κ1) is 23.0. The molecule has 13 heteroatoms. The van der Waals surface area contributed by atoms with Crippen LogP contribution in [0.15, 0.2) is 0 Å². The Morgan fingerprint density at radius 1 is 1.00 bits per heavy atom. The SMILES string of the molecule is O=S(=O)([O-])N(CCN1CCOCC1)S(=O)(=O)[O-].[Na+].[Na+]. The molecular formula is C6H12N2Na2O7S2. The van der Waals surface area contributed by atoms with Gasteiger partial charge in [-0.1, -0.05) is 0 Å². The van der Waals surface area contributed by atoms with E-state index in [4.69, 9.17) is 4.74 Å². The van der Waals surface area contributed by atoms with Gasteiger partial charge in [-0.3, -0.25) is 4.90 Å². The Morgan fingerprint density at radius 3 is 1.79 bits per heavy atom. The van der Waals surface area contributed by atoms with Gasteiger partial charge in [0.05, 0.1) is 13.2 Å². The minimum atomic E-state index is -5.30. The van der Waals surface area contributed by atoms with Gasteiger partial charge in [-0.15, -0.1) is 3.71 Å². The standard InChI is InChI=1S/C6H14N2O7S2.2Na/c9-16(10,11)8(17(12,13)14)2-1-7-3-5-15-6-4-7;;/h1-6H2,(H,9,10,11)(H,12,13,14);;/q;2*+1/p-2. The minimum Gasteiger partial charge on any atom is -0.735 e. The third kappa shape index (κ3) is 8.66. The predicted octanol–water partition coefficient (Wildman–Crippen LogP) is -8.45. The predicted molar refractivity (Wildman–Crippen MR) is 53.4 cm³/mol. The Bertz CT molecular complexity index is 416. The fourth-order valence-corrected chi connectivity index (χ4v) is 2.89.